The second-order valence-corrected chi connectivity index (χ2v) is 6.05. The van der Waals surface area contributed by atoms with Gasteiger partial charge in [0.2, 0.25) is 0 Å². The van der Waals surface area contributed by atoms with Gasteiger partial charge in [-0.05, 0) is 40.5 Å². The lowest BCUT2D eigenvalue weighted by atomic mass is 9.83. The molecule has 1 amide bonds. The summed E-state index contributed by atoms with van der Waals surface area (Å²) in [5, 5.41) is 11.9. The van der Waals surface area contributed by atoms with Crippen molar-refractivity contribution < 1.29 is 19.4 Å². The summed E-state index contributed by atoms with van der Waals surface area (Å²) in [5.41, 5.74) is -1.23. The van der Waals surface area contributed by atoms with Crippen LogP contribution in [-0.2, 0) is 9.53 Å². The fourth-order valence-corrected chi connectivity index (χ4v) is 2.42. The normalized spacial score (nSPS) is 20.2. The predicted octanol–water partition coefficient (Wildman–Crippen LogP) is 2.54. The summed E-state index contributed by atoms with van der Waals surface area (Å²) in [6.45, 7) is 7.00. The number of carboxylic acids is 1. The van der Waals surface area contributed by atoms with E-state index in [1.165, 1.54) is 0 Å². The van der Waals surface area contributed by atoms with E-state index < -0.39 is 29.1 Å². The Bertz CT molecular complexity index is 326. The predicted molar refractivity (Wildman–Crippen MR) is 67.4 cm³/mol. The Morgan fingerprint density at radius 3 is 2.17 bits per heavy atom. The van der Waals surface area contributed by atoms with Gasteiger partial charge in [0, 0.05) is 0 Å². The van der Waals surface area contributed by atoms with E-state index in [1.54, 1.807) is 27.7 Å². The lowest BCUT2D eigenvalue weighted by Crippen LogP contribution is -2.54. The van der Waals surface area contributed by atoms with Crippen molar-refractivity contribution in [2.45, 2.75) is 64.5 Å². The Hall–Kier alpha value is -1.26. The van der Waals surface area contributed by atoms with Crippen molar-refractivity contribution in [3.63, 3.8) is 0 Å². The third kappa shape index (κ3) is 3.62. The Balaban J connectivity index is 2.75. The van der Waals surface area contributed by atoms with Crippen LogP contribution in [0.5, 0.6) is 0 Å². The zero-order valence-electron chi connectivity index (χ0n) is 11.6. The van der Waals surface area contributed by atoms with Crippen molar-refractivity contribution in [3.8, 4) is 0 Å². The van der Waals surface area contributed by atoms with E-state index in [9.17, 15) is 9.59 Å². The molecular weight excluding hydrogens is 234 g/mol. The van der Waals surface area contributed by atoms with Crippen molar-refractivity contribution in [1.29, 1.82) is 0 Å². The van der Waals surface area contributed by atoms with E-state index in [2.05, 4.69) is 5.32 Å². The van der Waals surface area contributed by atoms with Crippen LogP contribution in [0.1, 0.15) is 53.4 Å². The van der Waals surface area contributed by atoms with E-state index in [-0.39, 0.29) is 0 Å². The number of rotatable bonds is 3. The summed E-state index contributed by atoms with van der Waals surface area (Å²) in [7, 11) is 0. The molecule has 1 saturated carbocycles. The molecule has 104 valence electrons. The average Bonchev–Trinajstić information content (AvgIpc) is 2.62. The van der Waals surface area contributed by atoms with Gasteiger partial charge >= 0.3 is 12.1 Å². The van der Waals surface area contributed by atoms with Crippen LogP contribution in [0.15, 0.2) is 0 Å². The molecule has 0 spiro atoms. The van der Waals surface area contributed by atoms with Crippen molar-refractivity contribution in [2.24, 2.45) is 5.92 Å². The highest BCUT2D eigenvalue weighted by molar-refractivity contribution is 5.75. The SMILES string of the molecule is CC(C(=O)O)C1(NC(=O)OC(C)(C)C)CCCC1. The van der Waals surface area contributed by atoms with Crippen LogP contribution < -0.4 is 5.32 Å². The molecule has 1 aliphatic carbocycles. The molecule has 1 aliphatic rings. The summed E-state index contributed by atoms with van der Waals surface area (Å²) in [6.07, 6.45) is 2.73. The maximum atomic E-state index is 11.8. The number of amides is 1. The van der Waals surface area contributed by atoms with Crippen LogP contribution >= 0.6 is 0 Å². The first kappa shape index (κ1) is 14.8. The first-order chi connectivity index (χ1) is 8.16. The van der Waals surface area contributed by atoms with Crippen LogP contribution in [0.4, 0.5) is 4.79 Å². The molecule has 1 rings (SSSR count). The summed E-state index contributed by atoms with van der Waals surface area (Å²) in [6, 6.07) is 0. The van der Waals surface area contributed by atoms with Gasteiger partial charge in [0.05, 0.1) is 11.5 Å². The largest absolute Gasteiger partial charge is 0.481 e. The molecule has 0 bridgehead atoms. The second kappa shape index (κ2) is 5.16. The number of alkyl carbamates (subject to hydrolysis) is 1. The molecule has 1 unspecified atom stereocenters. The fourth-order valence-electron chi connectivity index (χ4n) is 2.42. The summed E-state index contributed by atoms with van der Waals surface area (Å²) in [4.78, 5) is 23.0. The number of hydrogen-bond acceptors (Lipinski definition) is 3. The lowest BCUT2D eigenvalue weighted by molar-refractivity contribution is -0.143. The van der Waals surface area contributed by atoms with Crippen LogP contribution in [0.3, 0.4) is 0 Å². The molecular formula is C13H23NO4. The summed E-state index contributed by atoms with van der Waals surface area (Å²) >= 11 is 0. The molecule has 5 heteroatoms. The molecule has 0 saturated heterocycles. The minimum absolute atomic E-state index is 0.530. The van der Waals surface area contributed by atoms with Gasteiger partial charge in [-0.1, -0.05) is 12.8 Å². The third-order valence-corrected chi connectivity index (χ3v) is 3.44. The molecule has 0 radical (unpaired) electrons. The highest BCUT2D eigenvalue weighted by Gasteiger charge is 2.44. The molecule has 2 N–H and O–H groups in total. The molecule has 1 atom stereocenters. The standard InChI is InChI=1S/C13H23NO4/c1-9(10(15)16)13(7-5-6-8-13)14-11(17)18-12(2,3)4/h9H,5-8H2,1-4H3,(H,14,17)(H,15,16). The minimum atomic E-state index is -0.882. The van der Waals surface area contributed by atoms with Crippen LogP contribution in [0.2, 0.25) is 0 Å². The zero-order valence-corrected chi connectivity index (χ0v) is 11.6. The molecule has 5 nitrogen and oxygen atoms in total. The molecule has 0 aromatic carbocycles. The first-order valence-corrected chi connectivity index (χ1v) is 6.40. The molecule has 18 heavy (non-hydrogen) atoms. The van der Waals surface area contributed by atoms with Gasteiger partial charge < -0.3 is 15.2 Å². The average molecular weight is 257 g/mol. The van der Waals surface area contributed by atoms with E-state index in [0.29, 0.717) is 12.8 Å². The Morgan fingerprint density at radius 1 is 1.28 bits per heavy atom. The fraction of sp³-hybridized carbons (Fsp3) is 0.846. The van der Waals surface area contributed by atoms with Gasteiger partial charge in [-0.2, -0.15) is 0 Å². The molecule has 0 heterocycles. The van der Waals surface area contributed by atoms with Crippen molar-refractivity contribution in [1.82, 2.24) is 5.32 Å². The lowest BCUT2D eigenvalue weighted by Gasteiger charge is -2.34. The van der Waals surface area contributed by atoms with Crippen LogP contribution in [-0.4, -0.2) is 28.3 Å². The van der Waals surface area contributed by atoms with E-state index >= 15 is 0 Å². The maximum Gasteiger partial charge on any atom is 0.408 e. The highest BCUT2D eigenvalue weighted by Crippen LogP contribution is 2.36. The van der Waals surface area contributed by atoms with E-state index in [0.717, 1.165) is 12.8 Å². The van der Waals surface area contributed by atoms with E-state index in [4.69, 9.17) is 9.84 Å². The molecule has 0 aromatic heterocycles. The molecule has 1 fully saturated rings. The molecule has 0 aliphatic heterocycles. The number of nitrogens with one attached hydrogen (secondary N) is 1. The van der Waals surface area contributed by atoms with Crippen molar-refractivity contribution in [2.75, 3.05) is 0 Å². The number of carbonyl (C=O) groups is 2. The summed E-state index contributed by atoms with van der Waals surface area (Å²) in [5.74, 6) is -1.49. The molecule has 0 aromatic rings. The Morgan fingerprint density at radius 2 is 1.78 bits per heavy atom. The van der Waals surface area contributed by atoms with E-state index in [1.807, 2.05) is 0 Å². The third-order valence-electron chi connectivity index (χ3n) is 3.44. The number of carbonyl (C=O) groups excluding carboxylic acids is 1. The Labute approximate surface area is 108 Å². The van der Waals surface area contributed by atoms with Gasteiger partial charge in [-0.15, -0.1) is 0 Å². The first-order valence-electron chi connectivity index (χ1n) is 6.40. The van der Waals surface area contributed by atoms with Crippen LogP contribution in [0.25, 0.3) is 0 Å². The van der Waals surface area contributed by atoms with Gasteiger partial charge in [-0.25, -0.2) is 4.79 Å². The van der Waals surface area contributed by atoms with Crippen molar-refractivity contribution in [3.05, 3.63) is 0 Å². The van der Waals surface area contributed by atoms with Crippen LogP contribution in [0, 0.1) is 5.92 Å². The number of carboxylic acid groups (broad SMARTS) is 1. The quantitative estimate of drug-likeness (QED) is 0.814. The number of hydrogen-bond donors (Lipinski definition) is 2. The number of ether oxygens (including phenoxy) is 1. The van der Waals surface area contributed by atoms with Gasteiger partial charge in [0.1, 0.15) is 5.60 Å². The van der Waals surface area contributed by atoms with Gasteiger partial charge in [-0.3, -0.25) is 4.79 Å². The number of aliphatic carboxylic acids is 1. The maximum absolute atomic E-state index is 11.8. The van der Waals surface area contributed by atoms with Crippen molar-refractivity contribution >= 4 is 12.1 Å². The second-order valence-electron chi connectivity index (χ2n) is 6.05. The monoisotopic (exact) mass is 257 g/mol. The minimum Gasteiger partial charge on any atom is -0.481 e. The van der Waals surface area contributed by atoms with Gasteiger partial charge in [0.25, 0.3) is 0 Å². The zero-order chi connectivity index (χ0) is 14.0. The topological polar surface area (TPSA) is 75.6 Å². The highest BCUT2D eigenvalue weighted by atomic mass is 16.6. The smallest absolute Gasteiger partial charge is 0.408 e. The Kier molecular flexibility index (Phi) is 4.24. The summed E-state index contributed by atoms with van der Waals surface area (Å²) < 4.78 is 5.21. The van der Waals surface area contributed by atoms with Gasteiger partial charge in [0.15, 0.2) is 0 Å².